The molecule has 0 aromatic carbocycles. The minimum atomic E-state index is -3.93. The summed E-state index contributed by atoms with van der Waals surface area (Å²) in [5, 5.41) is 0. The first-order chi connectivity index (χ1) is 18.0. The third-order valence-electron chi connectivity index (χ3n) is 8.16. The zero-order valence-corrected chi connectivity index (χ0v) is 30.2. The van der Waals surface area contributed by atoms with Crippen LogP contribution in [0.15, 0.2) is 0 Å². The quantitative estimate of drug-likeness (QED) is 0.0824. The molecule has 0 N–H and O–H groups in total. The van der Waals surface area contributed by atoms with Gasteiger partial charge in [-0.25, -0.2) is 0 Å². The second-order valence-corrected chi connectivity index (χ2v) is 14.8. The Morgan fingerprint density at radius 2 is 0.605 bits per heavy atom. The molecule has 0 rings (SSSR count). The molecule has 0 aliphatic carbocycles. The maximum absolute atomic E-state index is 6.80. The minimum Gasteiger partial charge on any atom is 0 e. The Bertz CT molecular complexity index is 395. The maximum atomic E-state index is 6.80. The first kappa shape index (κ1) is 41.4. The van der Waals surface area contributed by atoms with Crippen molar-refractivity contribution < 1.29 is 53.1 Å². The predicted molar refractivity (Wildman–Crippen MR) is 157 cm³/mol. The van der Waals surface area contributed by atoms with Crippen LogP contribution < -0.4 is 0 Å². The van der Waals surface area contributed by atoms with Gasteiger partial charge in [-0.3, -0.25) is 0 Å². The minimum absolute atomic E-state index is 0. The molecule has 0 saturated carbocycles. The molecule has 0 heterocycles. The molecule has 0 radical (unpaired) electrons. The van der Waals surface area contributed by atoms with E-state index >= 15 is 0 Å². The van der Waals surface area contributed by atoms with Crippen molar-refractivity contribution in [2.24, 2.45) is 23.7 Å². The Labute approximate surface area is 260 Å². The average Bonchev–Trinajstić information content (AvgIpc) is 2.93. The van der Waals surface area contributed by atoms with Gasteiger partial charge in [0.1, 0.15) is 0 Å². The Kier molecular flexibility index (Phi) is 30.9. The van der Waals surface area contributed by atoms with Crippen LogP contribution in [0, 0.1) is 23.7 Å². The molecule has 38 heavy (non-hydrogen) atoms. The summed E-state index contributed by atoms with van der Waals surface area (Å²) in [6, 6.07) is 0. The van der Waals surface area contributed by atoms with Crippen LogP contribution in [-0.2, 0) is 53.1 Å². The van der Waals surface area contributed by atoms with Crippen LogP contribution in [0.2, 0.25) is 0 Å². The summed E-state index contributed by atoms with van der Waals surface area (Å²) in [5.74, 6) is 2.19. The summed E-state index contributed by atoms with van der Waals surface area (Å²) in [6.07, 6.45) is 19.3. The molecule has 0 aliphatic rings. The molecule has 4 nitrogen and oxygen atoms in total. The normalized spacial score (nSPS) is 16.4. The third-order valence-corrected chi connectivity index (χ3v) is 11.4. The zero-order chi connectivity index (χ0) is 27.8. The van der Waals surface area contributed by atoms with Gasteiger partial charge in [-0.05, 0) is 0 Å². The fraction of sp³-hybridized carbons (Fsp3) is 1.00. The van der Waals surface area contributed by atoms with E-state index in [0.717, 1.165) is 25.7 Å². The van der Waals surface area contributed by atoms with E-state index in [9.17, 15) is 0 Å². The molecule has 6 heteroatoms. The standard InChI is InChI=1S/4C8H17O.2Ti/c4*1-3-5-6-8(4-2)7-9;;/h4*8H,3-7H2,1-2H3;;/q4*-1;;+4. The van der Waals surface area contributed by atoms with Crippen molar-refractivity contribution in [1.29, 1.82) is 0 Å². The van der Waals surface area contributed by atoms with Gasteiger partial charge >= 0.3 is 240 Å². The molecule has 0 saturated heterocycles. The molecular formula is C32H68O4Ti2. The van der Waals surface area contributed by atoms with Crippen molar-refractivity contribution in [1.82, 2.24) is 0 Å². The van der Waals surface area contributed by atoms with Crippen LogP contribution in [0.25, 0.3) is 0 Å². The second kappa shape index (κ2) is 28.4. The van der Waals surface area contributed by atoms with E-state index in [1.807, 2.05) is 0 Å². The topological polar surface area (TPSA) is 36.9 Å². The van der Waals surface area contributed by atoms with E-state index in [0.29, 0.717) is 50.1 Å². The molecule has 0 fully saturated rings. The molecule has 4 unspecified atom stereocenters. The van der Waals surface area contributed by atoms with Gasteiger partial charge in [0.2, 0.25) is 0 Å². The second-order valence-electron chi connectivity index (χ2n) is 11.4. The number of hydrogen-bond acceptors (Lipinski definition) is 4. The SMILES string of the molecule is CCCCC(CC)C[O][Ti]([O]CC(CC)CCCC)([O]CC(CC)CCCC)[O]CC(CC)CCCC.[Ti]. The smallest absolute Gasteiger partial charge is 0 e. The van der Waals surface area contributed by atoms with Crippen LogP contribution >= 0.6 is 0 Å². The van der Waals surface area contributed by atoms with Crippen LogP contribution in [-0.4, -0.2) is 26.4 Å². The summed E-state index contributed by atoms with van der Waals surface area (Å²) >= 11 is -3.93. The van der Waals surface area contributed by atoms with Gasteiger partial charge in [0.05, 0.1) is 0 Å². The van der Waals surface area contributed by atoms with E-state index in [2.05, 4.69) is 55.4 Å². The Morgan fingerprint density at radius 3 is 0.763 bits per heavy atom. The Balaban J connectivity index is 0. The van der Waals surface area contributed by atoms with Crippen LogP contribution in [0.3, 0.4) is 0 Å². The first-order valence-corrected chi connectivity index (χ1v) is 19.1. The molecule has 228 valence electrons. The largest absolute Gasteiger partial charge is 0 e. The van der Waals surface area contributed by atoms with Crippen LogP contribution in [0.1, 0.15) is 158 Å². The summed E-state index contributed by atoms with van der Waals surface area (Å²) < 4.78 is 27.2. The van der Waals surface area contributed by atoms with Crippen molar-refractivity contribution in [2.75, 3.05) is 26.4 Å². The van der Waals surface area contributed by atoms with Gasteiger partial charge in [-0.2, -0.15) is 0 Å². The maximum Gasteiger partial charge on any atom is 0 e. The molecule has 0 spiro atoms. The van der Waals surface area contributed by atoms with E-state index in [1.165, 1.54) is 77.0 Å². The van der Waals surface area contributed by atoms with Gasteiger partial charge in [-0.15, -0.1) is 0 Å². The molecule has 0 amide bonds. The van der Waals surface area contributed by atoms with Crippen LogP contribution in [0.5, 0.6) is 0 Å². The number of hydrogen-bond donors (Lipinski definition) is 0. The fourth-order valence-corrected chi connectivity index (χ4v) is 8.25. The van der Waals surface area contributed by atoms with E-state index in [4.69, 9.17) is 13.3 Å². The number of rotatable bonds is 28. The summed E-state index contributed by atoms with van der Waals surface area (Å²) in [7, 11) is 0. The molecule has 0 aromatic rings. The van der Waals surface area contributed by atoms with Crippen molar-refractivity contribution in [3.63, 3.8) is 0 Å². The molecule has 0 aromatic heterocycles. The zero-order valence-electron chi connectivity index (χ0n) is 27.1. The Hall–Kier alpha value is 1.27. The van der Waals surface area contributed by atoms with Gasteiger partial charge in [0.15, 0.2) is 0 Å². The van der Waals surface area contributed by atoms with E-state index in [1.54, 1.807) is 0 Å². The molecule has 4 atom stereocenters. The van der Waals surface area contributed by atoms with Crippen molar-refractivity contribution >= 4 is 0 Å². The van der Waals surface area contributed by atoms with Gasteiger partial charge in [0, 0.05) is 21.7 Å². The molecule has 0 aliphatic heterocycles. The molecule has 0 bridgehead atoms. The predicted octanol–water partition coefficient (Wildman–Crippen LogP) is 10.7. The fourth-order valence-electron chi connectivity index (χ4n) is 4.72. The van der Waals surface area contributed by atoms with E-state index < -0.39 is 18.1 Å². The van der Waals surface area contributed by atoms with Gasteiger partial charge in [-0.1, -0.05) is 0 Å². The summed E-state index contributed by atoms with van der Waals surface area (Å²) in [4.78, 5) is 0. The van der Waals surface area contributed by atoms with Crippen molar-refractivity contribution in [2.45, 2.75) is 158 Å². The summed E-state index contributed by atoms with van der Waals surface area (Å²) in [5.41, 5.74) is 0. The molecular weight excluding hydrogens is 544 g/mol. The van der Waals surface area contributed by atoms with Crippen molar-refractivity contribution in [3.05, 3.63) is 0 Å². The monoisotopic (exact) mass is 612 g/mol. The Morgan fingerprint density at radius 1 is 0.395 bits per heavy atom. The van der Waals surface area contributed by atoms with Gasteiger partial charge < -0.3 is 0 Å². The van der Waals surface area contributed by atoms with E-state index in [-0.39, 0.29) is 21.7 Å². The number of unbranched alkanes of at least 4 members (excludes halogenated alkanes) is 4. The average molecular weight is 613 g/mol. The van der Waals surface area contributed by atoms with Crippen molar-refractivity contribution in [3.8, 4) is 0 Å². The third kappa shape index (κ3) is 20.2. The first-order valence-electron chi connectivity index (χ1n) is 16.5. The van der Waals surface area contributed by atoms with Crippen LogP contribution in [0.4, 0.5) is 0 Å². The summed E-state index contributed by atoms with van der Waals surface area (Å²) in [6.45, 7) is 21.1. The van der Waals surface area contributed by atoms with Gasteiger partial charge in [0.25, 0.3) is 0 Å².